The highest BCUT2D eigenvalue weighted by molar-refractivity contribution is 5.11. The van der Waals surface area contributed by atoms with Gasteiger partial charge >= 0.3 is 0 Å². The van der Waals surface area contributed by atoms with Gasteiger partial charge in [0.2, 0.25) is 0 Å². The molecule has 1 aromatic heterocycles. The fourth-order valence-corrected chi connectivity index (χ4v) is 3.11. The number of aryl methyl sites for hydroxylation is 2. The van der Waals surface area contributed by atoms with E-state index in [9.17, 15) is 0 Å². The van der Waals surface area contributed by atoms with E-state index < -0.39 is 0 Å². The van der Waals surface area contributed by atoms with Crippen LogP contribution in [0.5, 0.6) is 0 Å². The van der Waals surface area contributed by atoms with Crippen molar-refractivity contribution in [3.05, 3.63) is 17.5 Å². The number of piperidine rings is 1. The number of likely N-dealkylation sites (tertiary alicyclic amines) is 1. The van der Waals surface area contributed by atoms with Crippen molar-refractivity contribution in [2.45, 2.75) is 65.6 Å². The number of aromatic nitrogens is 2. The molecule has 0 amide bonds. The number of nitrogens with one attached hydrogen (secondary N) is 1. The van der Waals surface area contributed by atoms with E-state index in [4.69, 9.17) is 0 Å². The Kier molecular flexibility index (Phi) is 6.05. The first-order valence-electron chi connectivity index (χ1n) is 8.28. The molecule has 1 aliphatic rings. The second kappa shape index (κ2) is 7.79. The van der Waals surface area contributed by atoms with E-state index in [0.29, 0.717) is 6.04 Å². The van der Waals surface area contributed by atoms with Crippen LogP contribution in [0.1, 0.15) is 51.4 Å². The van der Waals surface area contributed by atoms with Crippen LogP contribution in [-0.2, 0) is 19.5 Å². The van der Waals surface area contributed by atoms with Gasteiger partial charge in [-0.05, 0) is 45.3 Å². The van der Waals surface area contributed by atoms with Crippen molar-refractivity contribution < 1.29 is 0 Å². The minimum atomic E-state index is 0.689. The number of hydrogen-bond donors (Lipinski definition) is 1. The molecule has 114 valence electrons. The number of rotatable bonds is 7. The summed E-state index contributed by atoms with van der Waals surface area (Å²) in [7, 11) is 0. The van der Waals surface area contributed by atoms with Crippen molar-refractivity contribution in [3.63, 3.8) is 0 Å². The standard InChI is InChI=1S/C16H30N4/c1-4-14-11-16(20(6-3)18-14)13-19-10-8-7-9-15(19)12-17-5-2/h11,15,17H,4-10,12-13H2,1-3H3. The normalized spacial score (nSPS) is 20.4. The quantitative estimate of drug-likeness (QED) is 0.831. The van der Waals surface area contributed by atoms with Crippen LogP contribution in [0.15, 0.2) is 6.07 Å². The summed E-state index contributed by atoms with van der Waals surface area (Å²) in [6, 6.07) is 2.98. The molecule has 1 fully saturated rings. The second-order valence-electron chi connectivity index (χ2n) is 5.72. The van der Waals surface area contributed by atoms with Crippen molar-refractivity contribution in [2.24, 2.45) is 0 Å². The van der Waals surface area contributed by atoms with Gasteiger partial charge in [0, 0.05) is 25.7 Å². The maximum atomic E-state index is 4.67. The lowest BCUT2D eigenvalue weighted by atomic mass is 10.0. The van der Waals surface area contributed by atoms with Gasteiger partial charge in [-0.1, -0.05) is 20.3 Å². The van der Waals surface area contributed by atoms with E-state index in [2.05, 4.69) is 46.8 Å². The minimum absolute atomic E-state index is 0.689. The Morgan fingerprint density at radius 3 is 2.85 bits per heavy atom. The Bertz CT molecular complexity index is 399. The molecule has 1 saturated heterocycles. The summed E-state index contributed by atoms with van der Waals surface area (Å²) >= 11 is 0. The summed E-state index contributed by atoms with van der Waals surface area (Å²) in [5, 5.41) is 8.19. The lowest BCUT2D eigenvalue weighted by molar-refractivity contribution is 0.134. The van der Waals surface area contributed by atoms with Crippen molar-refractivity contribution in [1.29, 1.82) is 0 Å². The largest absolute Gasteiger partial charge is 0.315 e. The molecule has 0 bridgehead atoms. The van der Waals surface area contributed by atoms with E-state index in [1.54, 1.807) is 0 Å². The predicted molar refractivity (Wildman–Crippen MR) is 83.9 cm³/mol. The van der Waals surface area contributed by atoms with Crippen molar-refractivity contribution in [3.8, 4) is 0 Å². The van der Waals surface area contributed by atoms with Crippen LogP contribution in [0.25, 0.3) is 0 Å². The summed E-state index contributed by atoms with van der Waals surface area (Å²) in [6.07, 6.45) is 5.07. The molecule has 1 N–H and O–H groups in total. The van der Waals surface area contributed by atoms with Crippen LogP contribution in [0, 0.1) is 0 Å². The Balaban J connectivity index is 2.03. The van der Waals surface area contributed by atoms with E-state index in [0.717, 1.165) is 32.6 Å². The Morgan fingerprint density at radius 1 is 1.30 bits per heavy atom. The molecule has 2 rings (SSSR count). The molecular formula is C16H30N4. The van der Waals surface area contributed by atoms with E-state index in [-0.39, 0.29) is 0 Å². The average Bonchev–Trinajstić information content (AvgIpc) is 2.88. The van der Waals surface area contributed by atoms with E-state index in [1.807, 2.05) is 0 Å². The zero-order valence-electron chi connectivity index (χ0n) is 13.4. The number of likely N-dealkylation sites (N-methyl/N-ethyl adjacent to an activating group) is 1. The van der Waals surface area contributed by atoms with Crippen LogP contribution in [0.2, 0.25) is 0 Å². The van der Waals surface area contributed by atoms with E-state index >= 15 is 0 Å². The molecule has 20 heavy (non-hydrogen) atoms. The van der Waals surface area contributed by atoms with Crippen LogP contribution in [0.3, 0.4) is 0 Å². The SMILES string of the molecule is CCNCC1CCCCN1Cc1cc(CC)nn1CC. The molecule has 0 aliphatic carbocycles. The summed E-state index contributed by atoms with van der Waals surface area (Å²) in [5.74, 6) is 0. The summed E-state index contributed by atoms with van der Waals surface area (Å²) in [4.78, 5) is 2.65. The maximum absolute atomic E-state index is 4.67. The van der Waals surface area contributed by atoms with Crippen LogP contribution < -0.4 is 5.32 Å². The van der Waals surface area contributed by atoms with Crippen LogP contribution in [-0.4, -0.2) is 40.4 Å². The van der Waals surface area contributed by atoms with Gasteiger partial charge in [0.1, 0.15) is 0 Å². The van der Waals surface area contributed by atoms with E-state index in [1.165, 1.54) is 37.2 Å². The maximum Gasteiger partial charge on any atom is 0.0625 e. The van der Waals surface area contributed by atoms with Gasteiger partial charge < -0.3 is 5.32 Å². The minimum Gasteiger partial charge on any atom is -0.315 e. The van der Waals surface area contributed by atoms with Gasteiger partial charge in [-0.3, -0.25) is 9.58 Å². The highest BCUT2D eigenvalue weighted by Gasteiger charge is 2.23. The molecule has 0 spiro atoms. The van der Waals surface area contributed by atoms with Crippen molar-refractivity contribution >= 4 is 0 Å². The second-order valence-corrected chi connectivity index (χ2v) is 5.72. The first-order valence-corrected chi connectivity index (χ1v) is 8.28. The van der Waals surface area contributed by atoms with Crippen LogP contribution in [0.4, 0.5) is 0 Å². The zero-order chi connectivity index (χ0) is 14.4. The molecule has 0 saturated carbocycles. The molecule has 0 radical (unpaired) electrons. The fourth-order valence-electron chi connectivity index (χ4n) is 3.11. The van der Waals surface area contributed by atoms with Gasteiger partial charge in [-0.15, -0.1) is 0 Å². The van der Waals surface area contributed by atoms with Crippen LogP contribution >= 0.6 is 0 Å². The van der Waals surface area contributed by atoms with Gasteiger partial charge in [0.05, 0.1) is 11.4 Å². The predicted octanol–water partition coefficient (Wildman–Crippen LogP) is 2.43. The van der Waals surface area contributed by atoms with Gasteiger partial charge in [-0.25, -0.2) is 0 Å². The molecular weight excluding hydrogens is 248 g/mol. The lowest BCUT2D eigenvalue weighted by Crippen LogP contribution is -2.45. The average molecular weight is 278 g/mol. The molecule has 1 atom stereocenters. The Hall–Kier alpha value is -0.870. The van der Waals surface area contributed by atoms with Gasteiger partial charge in [0.25, 0.3) is 0 Å². The monoisotopic (exact) mass is 278 g/mol. The molecule has 4 heteroatoms. The highest BCUT2D eigenvalue weighted by Crippen LogP contribution is 2.20. The third-order valence-electron chi connectivity index (χ3n) is 4.32. The van der Waals surface area contributed by atoms with Crippen molar-refractivity contribution in [1.82, 2.24) is 20.0 Å². The highest BCUT2D eigenvalue weighted by atomic mass is 15.3. The molecule has 4 nitrogen and oxygen atoms in total. The molecule has 2 heterocycles. The summed E-state index contributed by atoms with van der Waals surface area (Å²) < 4.78 is 2.18. The van der Waals surface area contributed by atoms with Crippen molar-refractivity contribution in [2.75, 3.05) is 19.6 Å². The third-order valence-corrected chi connectivity index (χ3v) is 4.32. The van der Waals surface area contributed by atoms with Gasteiger partial charge in [-0.2, -0.15) is 5.10 Å². The van der Waals surface area contributed by atoms with Gasteiger partial charge in [0.15, 0.2) is 0 Å². The molecule has 0 aromatic carbocycles. The Labute approximate surface area is 123 Å². The lowest BCUT2D eigenvalue weighted by Gasteiger charge is -2.35. The Morgan fingerprint density at radius 2 is 2.15 bits per heavy atom. The number of nitrogens with zero attached hydrogens (tertiary/aromatic N) is 3. The first kappa shape index (κ1) is 15.5. The number of hydrogen-bond acceptors (Lipinski definition) is 3. The fraction of sp³-hybridized carbons (Fsp3) is 0.812. The molecule has 1 unspecified atom stereocenters. The zero-order valence-corrected chi connectivity index (χ0v) is 13.4. The summed E-state index contributed by atoms with van der Waals surface area (Å²) in [6.45, 7) is 12.0. The topological polar surface area (TPSA) is 33.1 Å². The molecule has 1 aliphatic heterocycles. The smallest absolute Gasteiger partial charge is 0.0625 e. The third kappa shape index (κ3) is 3.83. The first-order chi connectivity index (χ1) is 9.78. The molecule has 1 aromatic rings. The summed E-state index contributed by atoms with van der Waals surface area (Å²) in [5.41, 5.74) is 2.61.